The van der Waals surface area contributed by atoms with Crippen LogP contribution in [0, 0.1) is 5.92 Å². The predicted molar refractivity (Wildman–Crippen MR) is 81.5 cm³/mol. The van der Waals surface area contributed by atoms with E-state index in [1.807, 2.05) is 18.2 Å². The van der Waals surface area contributed by atoms with Crippen molar-refractivity contribution in [3.8, 4) is 0 Å². The fourth-order valence-electron chi connectivity index (χ4n) is 3.26. The molecular formula is C17H21NO3. The van der Waals surface area contributed by atoms with Gasteiger partial charge in [0, 0.05) is 18.5 Å². The predicted octanol–water partition coefficient (Wildman–Crippen LogP) is 3.75. The van der Waals surface area contributed by atoms with Gasteiger partial charge in [0.05, 0.1) is 0 Å². The van der Waals surface area contributed by atoms with Crippen LogP contribution in [0.25, 0.3) is 11.0 Å². The summed E-state index contributed by atoms with van der Waals surface area (Å²) in [5.74, 6) is -0.174. The SMILES string of the molecule is CCCC1CCN(Cc2ccc3oc(C(=O)O)cc3c2)C1. The Morgan fingerprint density at radius 3 is 3.05 bits per heavy atom. The van der Waals surface area contributed by atoms with Gasteiger partial charge < -0.3 is 9.52 Å². The van der Waals surface area contributed by atoms with Crippen molar-refractivity contribution in [2.24, 2.45) is 5.92 Å². The van der Waals surface area contributed by atoms with E-state index in [4.69, 9.17) is 9.52 Å². The second-order valence-corrected chi connectivity index (χ2v) is 5.97. The second kappa shape index (κ2) is 5.90. The summed E-state index contributed by atoms with van der Waals surface area (Å²) in [6.45, 7) is 5.52. The van der Waals surface area contributed by atoms with Gasteiger partial charge in [-0.05, 0) is 49.1 Å². The quantitative estimate of drug-likeness (QED) is 0.910. The minimum absolute atomic E-state index is 0.00586. The summed E-state index contributed by atoms with van der Waals surface area (Å²) < 4.78 is 5.29. The van der Waals surface area contributed by atoms with E-state index < -0.39 is 5.97 Å². The van der Waals surface area contributed by atoms with Gasteiger partial charge in [-0.1, -0.05) is 19.4 Å². The number of carboxylic acids is 1. The molecule has 1 saturated heterocycles. The lowest BCUT2D eigenvalue weighted by Gasteiger charge is -2.16. The van der Waals surface area contributed by atoms with Crippen molar-refractivity contribution < 1.29 is 14.3 Å². The van der Waals surface area contributed by atoms with Gasteiger partial charge in [-0.2, -0.15) is 0 Å². The zero-order chi connectivity index (χ0) is 14.8. The molecule has 1 aromatic heterocycles. The number of aromatic carboxylic acids is 1. The molecule has 1 atom stereocenters. The molecule has 0 radical (unpaired) electrons. The Balaban J connectivity index is 1.71. The smallest absolute Gasteiger partial charge is 0.371 e. The van der Waals surface area contributed by atoms with E-state index in [2.05, 4.69) is 11.8 Å². The molecule has 0 amide bonds. The molecule has 1 unspecified atom stereocenters. The maximum absolute atomic E-state index is 10.9. The third kappa shape index (κ3) is 3.10. The molecule has 112 valence electrons. The minimum atomic E-state index is -1.02. The molecule has 4 nitrogen and oxygen atoms in total. The number of nitrogens with zero attached hydrogens (tertiary/aromatic N) is 1. The average molecular weight is 287 g/mol. The Labute approximate surface area is 124 Å². The summed E-state index contributed by atoms with van der Waals surface area (Å²) in [5.41, 5.74) is 1.86. The van der Waals surface area contributed by atoms with E-state index >= 15 is 0 Å². The highest BCUT2D eigenvalue weighted by Gasteiger charge is 2.21. The van der Waals surface area contributed by atoms with Crippen molar-refractivity contribution in [3.63, 3.8) is 0 Å². The number of hydrogen-bond acceptors (Lipinski definition) is 3. The molecule has 1 N–H and O–H groups in total. The van der Waals surface area contributed by atoms with Gasteiger partial charge >= 0.3 is 5.97 Å². The van der Waals surface area contributed by atoms with Crippen molar-refractivity contribution in [2.45, 2.75) is 32.7 Å². The number of likely N-dealkylation sites (tertiary alicyclic amines) is 1. The van der Waals surface area contributed by atoms with Crippen LogP contribution in [-0.2, 0) is 6.54 Å². The summed E-state index contributed by atoms with van der Waals surface area (Å²) in [6.07, 6.45) is 3.88. The Morgan fingerprint density at radius 2 is 2.29 bits per heavy atom. The number of carbonyl (C=O) groups is 1. The Kier molecular flexibility index (Phi) is 3.97. The summed E-state index contributed by atoms with van der Waals surface area (Å²) in [6, 6.07) is 7.55. The molecule has 2 heterocycles. The first kappa shape index (κ1) is 14.1. The van der Waals surface area contributed by atoms with Gasteiger partial charge in [0.15, 0.2) is 0 Å². The van der Waals surface area contributed by atoms with Gasteiger partial charge in [0.1, 0.15) is 5.58 Å². The number of furan rings is 1. The molecule has 0 spiro atoms. The molecule has 1 fully saturated rings. The first-order valence-corrected chi connectivity index (χ1v) is 7.64. The largest absolute Gasteiger partial charge is 0.475 e. The van der Waals surface area contributed by atoms with Gasteiger partial charge in [0.2, 0.25) is 5.76 Å². The van der Waals surface area contributed by atoms with E-state index in [0.29, 0.717) is 5.58 Å². The van der Waals surface area contributed by atoms with Crippen molar-refractivity contribution in [2.75, 3.05) is 13.1 Å². The van der Waals surface area contributed by atoms with E-state index in [9.17, 15) is 4.79 Å². The molecule has 1 aromatic carbocycles. The number of fused-ring (bicyclic) bond motifs is 1. The molecule has 4 heteroatoms. The highest BCUT2D eigenvalue weighted by atomic mass is 16.4. The lowest BCUT2D eigenvalue weighted by atomic mass is 10.0. The van der Waals surface area contributed by atoms with Gasteiger partial charge in [-0.25, -0.2) is 4.79 Å². The van der Waals surface area contributed by atoms with Gasteiger partial charge in [-0.3, -0.25) is 4.90 Å². The topological polar surface area (TPSA) is 53.7 Å². The first-order chi connectivity index (χ1) is 10.2. The van der Waals surface area contributed by atoms with E-state index in [1.165, 1.54) is 31.4 Å². The summed E-state index contributed by atoms with van der Waals surface area (Å²) in [4.78, 5) is 13.4. The third-order valence-corrected chi connectivity index (χ3v) is 4.26. The molecule has 3 rings (SSSR count). The fraction of sp³-hybridized carbons (Fsp3) is 0.471. The average Bonchev–Trinajstić information content (AvgIpc) is 3.05. The minimum Gasteiger partial charge on any atom is -0.475 e. The van der Waals surface area contributed by atoms with Crippen LogP contribution in [0.3, 0.4) is 0 Å². The highest BCUT2D eigenvalue weighted by Crippen LogP contribution is 2.25. The van der Waals surface area contributed by atoms with Crippen LogP contribution < -0.4 is 0 Å². The zero-order valence-corrected chi connectivity index (χ0v) is 12.3. The van der Waals surface area contributed by atoms with Crippen molar-refractivity contribution >= 4 is 16.9 Å². The first-order valence-electron chi connectivity index (χ1n) is 7.64. The number of carboxylic acid groups (broad SMARTS) is 1. The Bertz CT molecular complexity index is 647. The van der Waals surface area contributed by atoms with E-state index in [-0.39, 0.29) is 5.76 Å². The van der Waals surface area contributed by atoms with E-state index in [0.717, 1.165) is 24.4 Å². The lowest BCUT2D eigenvalue weighted by molar-refractivity contribution is 0.0665. The fourth-order valence-corrected chi connectivity index (χ4v) is 3.26. The van der Waals surface area contributed by atoms with Crippen LogP contribution in [0.4, 0.5) is 0 Å². The zero-order valence-electron chi connectivity index (χ0n) is 12.3. The van der Waals surface area contributed by atoms with Crippen molar-refractivity contribution in [1.82, 2.24) is 4.90 Å². The lowest BCUT2D eigenvalue weighted by Crippen LogP contribution is -2.20. The molecule has 1 aliphatic heterocycles. The molecule has 0 saturated carbocycles. The van der Waals surface area contributed by atoms with Crippen LogP contribution in [0.15, 0.2) is 28.7 Å². The third-order valence-electron chi connectivity index (χ3n) is 4.26. The maximum Gasteiger partial charge on any atom is 0.371 e. The van der Waals surface area contributed by atoms with Gasteiger partial charge in [-0.15, -0.1) is 0 Å². The molecule has 0 aliphatic carbocycles. The van der Waals surface area contributed by atoms with Gasteiger partial charge in [0.25, 0.3) is 0 Å². The number of benzene rings is 1. The van der Waals surface area contributed by atoms with Crippen LogP contribution in [0.5, 0.6) is 0 Å². The summed E-state index contributed by atoms with van der Waals surface area (Å²) in [7, 11) is 0. The summed E-state index contributed by atoms with van der Waals surface area (Å²) >= 11 is 0. The van der Waals surface area contributed by atoms with Crippen LogP contribution in [0.2, 0.25) is 0 Å². The molecular weight excluding hydrogens is 266 g/mol. The molecule has 1 aliphatic rings. The monoisotopic (exact) mass is 287 g/mol. The summed E-state index contributed by atoms with van der Waals surface area (Å²) in [5, 5.41) is 9.83. The standard InChI is InChI=1S/C17H21NO3/c1-2-3-12-6-7-18(10-12)11-13-4-5-15-14(8-13)9-16(21-15)17(19)20/h4-5,8-9,12H,2-3,6-7,10-11H2,1H3,(H,19,20). The van der Waals surface area contributed by atoms with Crippen LogP contribution in [-0.4, -0.2) is 29.1 Å². The van der Waals surface area contributed by atoms with Crippen LogP contribution in [0.1, 0.15) is 42.3 Å². The molecule has 21 heavy (non-hydrogen) atoms. The number of hydrogen-bond donors (Lipinski definition) is 1. The van der Waals surface area contributed by atoms with Crippen molar-refractivity contribution in [3.05, 3.63) is 35.6 Å². The second-order valence-electron chi connectivity index (χ2n) is 5.97. The van der Waals surface area contributed by atoms with E-state index in [1.54, 1.807) is 6.07 Å². The Morgan fingerprint density at radius 1 is 1.43 bits per heavy atom. The number of rotatable bonds is 5. The van der Waals surface area contributed by atoms with Crippen LogP contribution >= 0.6 is 0 Å². The normalized spacial score (nSPS) is 19.4. The molecule has 2 aromatic rings. The maximum atomic E-state index is 10.9. The Hall–Kier alpha value is -1.81. The van der Waals surface area contributed by atoms with Crippen molar-refractivity contribution in [1.29, 1.82) is 0 Å². The highest BCUT2D eigenvalue weighted by molar-refractivity contribution is 5.91. The molecule has 0 bridgehead atoms.